The first-order chi connectivity index (χ1) is 15.2. The lowest BCUT2D eigenvalue weighted by atomic mass is 10.1. The molecule has 1 aliphatic rings. The molecule has 1 aliphatic heterocycles. The van der Waals surface area contributed by atoms with Gasteiger partial charge in [0.15, 0.2) is 0 Å². The minimum atomic E-state index is -4.85. The number of rotatable bonds is 5. The number of hydrogen-bond donors (Lipinski definition) is 1. The fourth-order valence-corrected chi connectivity index (χ4v) is 4.18. The molecule has 0 saturated heterocycles. The second-order valence-electron chi connectivity index (χ2n) is 7.09. The lowest BCUT2D eigenvalue weighted by molar-refractivity contribution is -0.274. The van der Waals surface area contributed by atoms with Crippen LogP contribution in [0.4, 0.5) is 24.5 Å². The predicted molar refractivity (Wildman–Crippen MR) is 116 cm³/mol. The number of imide groups is 1. The van der Waals surface area contributed by atoms with Gasteiger partial charge in [-0.1, -0.05) is 24.3 Å². The average Bonchev–Trinajstić information content (AvgIpc) is 3.31. The molecular weight excluding hydrogens is 441 g/mol. The zero-order valence-corrected chi connectivity index (χ0v) is 17.8. The standard InChI is InChI=1S/C23H17F3N2O3S/c1-13-6-3-9-17(14(13)2)28-21(29)19(18-10-5-11-32-18)20(22(28)30)27-15-7-4-8-16(12-15)31-23(24,25)26/h3-12,27H,1-2H3. The SMILES string of the molecule is Cc1cccc(N2C(=O)C(Nc3cccc(OC(F)(F)F)c3)=C(c3cccs3)C2=O)c1C. The molecule has 0 spiro atoms. The lowest BCUT2D eigenvalue weighted by Gasteiger charge is -2.19. The number of thiophene rings is 1. The summed E-state index contributed by atoms with van der Waals surface area (Å²) in [5, 5.41) is 4.62. The summed E-state index contributed by atoms with van der Waals surface area (Å²) in [6.45, 7) is 3.70. The Hall–Kier alpha value is -3.59. The molecule has 0 radical (unpaired) electrons. The maximum Gasteiger partial charge on any atom is 0.573 e. The van der Waals surface area contributed by atoms with Crippen LogP contribution in [-0.2, 0) is 9.59 Å². The maximum absolute atomic E-state index is 13.4. The Balaban J connectivity index is 1.76. The van der Waals surface area contributed by atoms with Gasteiger partial charge in [0.05, 0.1) is 11.3 Å². The number of ether oxygens (including phenoxy) is 1. The van der Waals surface area contributed by atoms with Crippen LogP contribution in [0, 0.1) is 13.8 Å². The van der Waals surface area contributed by atoms with E-state index in [1.54, 1.807) is 29.6 Å². The van der Waals surface area contributed by atoms with Gasteiger partial charge < -0.3 is 10.1 Å². The zero-order valence-electron chi connectivity index (χ0n) is 17.0. The van der Waals surface area contributed by atoms with Crippen LogP contribution in [0.1, 0.15) is 16.0 Å². The van der Waals surface area contributed by atoms with Crippen molar-refractivity contribution in [1.29, 1.82) is 0 Å². The van der Waals surface area contributed by atoms with Crippen molar-refractivity contribution >= 4 is 40.1 Å². The second kappa shape index (κ2) is 8.16. The summed E-state index contributed by atoms with van der Waals surface area (Å²) in [6.07, 6.45) is -4.85. The number of nitrogens with zero attached hydrogens (tertiary/aromatic N) is 1. The molecule has 0 unspecified atom stereocenters. The third-order valence-corrected chi connectivity index (χ3v) is 5.89. The Morgan fingerprint density at radius 1 is 0.969 bits per heavy atom. The largest absolute Gasteiger partial charge is 0.573 e. The van der Waals surface area contributed by atoms with Crippen LogP contribution in [0.3, 0.4) is 0 Å². The first kappa shape index (κ1) is 21.6. The van der Waals surface area contributed by atoms with Gasteiger partial charge >= 0.3 is 6.36 Å². The van der Waals surface area contributed by atoms with E-state index >= 15 is 0 Å². The number of nitrogens with one attached hydrogen (secondary N) is 1. The number of amides is 2. The molecule has 0 fully saturated rings. The van der Waals surface area contributed by atoms with E-state index in [1.165, 1.54) is 23.5 Å². The average molecular weight is 458 g/mol. The number of benzene rings is 2. The quantitative estimate of drug-likeness (QED) is 0.502. The van der Waals surface area contributed by atoms with Crippen molar-refractivity contribution in [2.75, 3.05) is 10.2 Å². The minimum absolute atomic E-state index is 0.0116. The second-order valence-corrected chi connectivity index (χ2v) is 8.04. The van der Waals surface area contributed by atoms with Crippen molar-refractivity contribution in [2.24, 2.45) is 0 Å². The van der Waals surface area contributed by atoms with E-state index in [0.29, 0.717) is 10.6 Å². The van der Waals surface area contributed by atoms with Crippen molar-refractivity contribution in [1.82, 2.24) is 0 Å². The highest BCUT2D eigenvalue weighted by molar-refractivity contribution is 7.11. The first-order valence-corrected chi connectivity index (χ1v) is 10.4. The van der Waals surface area contributed by atoms with E-state index in [2.05, 4.69) is 10.1 Å². The van der Waals surface area contributed by atoms with E-state index in [9.17, 15) is 22.8 Å². The van der Waals surface area contributed by atoms with Gasteiger partial charge in [0.2, 0.25) is 0 Å². The Labute approximate surface area is 185 Å². The summed E-state index contributed by atoms with van der Waals surface area (Å²) in [5.74, 6) is -1.53. The highest BCUT2D eigenvalue weighted by Gasteiger charge is 2.41. The van der Waals surface area contributed by atoms with Crippen LogP contribution >= 0.6 is 11.3 Å². The van der Waals surface area contributed by atoms with Crippen LogP contribution in [-0.4, -0.2) is 18.2 Å². The number of halogens is 3. The molecule has 2 amide bonds. The third kappa shape index (κ3) is 4.11. The summed E-state index contributed by atoms with van der Waals surface area (Å²) in [7, 11) is 0. The highest BCUT2D eigenvalue weighted by Crippen LogP contribution is 2.37. The van der Waals surface area contributed by atoms with E-state index in [4.69, 9.17) is 0 Å². The minimum Gasteiger partial charge on any atom is -0.406 e. The van der Waals surface area contributed by atoms with Gasteiger partial charge in [0, 0.05) is 16.6 Å². The van der Waals surface area contributed by atoms with E-state index in [-0.39, 0.29) is 17.0 Å². The maximum atomic E-state index is 13.4. The fraction of sp³-hybridized carbons (Fsp3) is 0.130. The number of carbonyl (C=O) groups is 2. The van der Waals surface area contributed by atoms with E-state index in [0.717, 1.165) is 28.2 Å². The van der Waals surface area contributed by atoms with Gasteiger partial charge in [-0.2, -0.15) is 0 Å². The lowest BCUT2D eigenvalue weighted by Crippen LogP contribution is -2.33. The Kier molecular flexibility index (Phi) is 5.52. The normalized spacial score (nSPS) is 14.3. The Bertz CT molecular complexity index is 1230. The summed E-state index contributed by atoms with van der Waals surface area (Å²) in [4.78, 5) is 28.4. The molecule has 9 heteroatoms. The molecule has 1 N–H and O–H groups in total. The molecule has 164 valence electrons. The molecule has 5 nitrogen and oxygen atoms in total. The van der Waals surface area contributed by atoms with E-state index in [1.807, 2.05) is 19.9 Å². The highest BCUT2D eigenvalue weighted by atomic mass is 32.1. The molecule has 32 heavy (non-hydrogen) atoms. The van der Waals surface area contributed by atoms with Gasteiger partial charge in [0.1, 0.15) is 11.4 Å². The predicted octanol–water partition coefficient (Wildman–Crippen LogP) is 5.66. The summed E-state index contributed by atoms with van der Waals surface area (Å²) >= 11 is 1.28. The van der Waals surface area contributed by atoms with Crippen LogP contribution < -0.4 is 15.0 Å². The fourth-order valence-electron chi connectivity index (χ4n) is 3.41. The summed E-state index contributed by atoms with van der Waals surface area (Å²) in [5.41, 5.74) is 2.48. The molecule has 1 aromatic heterocycles. The third-order valence-electron chi connectivity index (χ3n) is 5.01. The van der Waals surface area contributed by atoms with Crippen molar-refractivity contribution in [3.8, 4) is 5.75 Å². The summed E-state index contributed by atoms with van der Waals surface area (Å²) in [6, 6.07) is 13.9. The molecule has 2 heterocycles. The zero-order chi connectivity index (χ0) is 23.0. The van der Waals surface area contributed by atoms with Crippen molar-refractivity contribution in [2.45, 2.75) is 20.2 Å². The van der Waals surface area contributed by atoms with Crippen LogP contribution in [0.25, 0.3) is 5.57 Å². The van der Waals surface area contributed by atoms with Gasteiger partial charge in [-0.15, -0.1) is 24.5 Å². The van der Waals surface area contributed by atoms with Gasteiger partial charge in [-0.05, 0) is 54.6 Å². The van der Waals surface area contributed by atoms with Gasteiger partial charge in [0.25, 0.3) is 11.8 Å². The van der Waals surface area contributed by atoms with Crippen LogP contribution in [0.5, 0.6) is 5.75 Å². The van der Waals surface area contributed by atoms with E-state index < -0.39 is 23.9 Å². The molecule has 0 bridgehead atoms. The van der Waals surface area contributed by atoms with Crippen molar-refractivity contribution < 1.29 is 27.5 Å². The number of alkyl halides is 3. The van der Waals surface area contributed by atoms with Gasteiger partial charge in [-0.3, -0.25) is 9.59 Å². The topological polar surface area (TPSA) is 58.6 Å². The molecule has 3 aromatic rings. The first-order valence-electron chi connectivity index (χ1n) is 9.51. The monoisotopic (exact) mass is 458 g/mol. The Morgan fingerprint density at radius 2 is 1.72 bits per heavy atom. The van der Waals surface area contributed by atoms with Crippen molar-refractivity contribution in [3.63, 3.8) is 0 Å². The van der Waals surface area contributed by atoms with Crippen LogP contribution in [0.15, 0.2) is 65.7 Å². The Morgan fingerprint density at radius 3 is 2.41 bits per heavy atom. The molecule has 0 saturated carbocycles. The molecule has 0 aliphatic carbocycles. The van der Waals surface area contributed by atoms with Crippen LogP contribution in [0.2, 0.25) is 0 Å². The number of carbonyl (C=O) groups excluding carboxylic acids is 2. The molecule has 2 aromatic carbocycles. The molecule has 0 atom stereocenters. The smallest absolute Gasteiger partial charge is 0.406 e. The van der Waals surface area contributed by atoms with Gasteiger partial charge in [-0.25, -0.2) is 4.90 Å². The number of aryl methyl sites for hydroxylation is 1. The number of anilines is 2. The number of hydrogen-bond acceptors (Lipinski definition) is 5. The molecular formula is C23H17F3N2O3S. The molecule has 4 rings (SSSR count). The van der Waals surface area contributed by atoms with Crippen molar-refractivity contribution in [3.05, 3.63) is 81.7 Å². The summed E-state index contributed by atoms with van der Waals surface area (Å²) < 4.78 is 41.7.